The topological polar surface area (TPSA) is 47.2 Å². The molecule has 5 heteroatoms. The zero-order chi connectivity index (χ0) is 16.4. The van der Waals surface area contributed by atoms with E-state index in [9.17, 15) is 4.79 Å². The Labute approximate surface area is 142 Å². The van der Waals surface area contributed by atoms with Crippen molar-refractivity contribution < 1.29 is 0 Å². The molecule has 2 aromatic carbocycles. The normalized spacial score (nSPS) is 11.3. The van der Waals surface area contributed by atoms with E-state index in [-0.39, 0.29) is 5.56 Å². The molecular weight excluding hydrogens is 318 g/mol. The zero-order valence-electron chi connectivity index (χ0n) is 12.7. The summed E-state index contributed by atoms with van der Waals surface area (Å²) in [5.41, 5.74) is 1.35. The highest BCUT2D eigenvalue weighted by Gasteiger charge is 2.11. The Hall–Kier alpha value is -3.05. The third-order valence-corrected chi connectivity index (χ3v) is 4.44. The molecule has 2 heterocycles. The van der Waals surface area contributed by atoms with Crippen LogP contribution in [0.3, 0.4) is 0 Å². The largest absolute Gasteiger partial charge is 0.282 e. The molecule has 116 valence electrons. The Balaban J connectivity index is 1.98. The highest BCUT2D eigenvalue weighted by Crippen LogP contribution is 2.18. The minimum absolute atomic E-state index is 0.174. The summed E-state index contributed by atoms with van der Waals surface area (Å²) in [5, 5.41) is 6.93. The predicted octanol–water partition coefficient (Wildman–Crippen LogP) is 4.01. The maximum Gasteiger partial charge on any atom is 0.282 e. The lowest BCUT2D eigenvalue weighted by molar-refractivity contribution is 0.830. The molecule has 0 spiro atoms. The fourth-order valence-electron chi connectivity index (χ4n) is 2.48. The summed E-state index contributed by atoms with van der Waals surface area (Å²) < 4.78 is 1.37. The summed E-state index contributed by atoms with van der Waals surface area (Å²) in [6.45, 7) is 0. The minimum Gasteiger partial charge on any atom is -0.267 e. The molecule has 0 fully saturated rings. The van der Waals surface area contributed by atoms with E-state index in [2.05, 4.69) is 10.1 Å². The third kappa shape index (κ3) is 2.66. The molecule has 0 aliphatic carbocycles. The standard InChI is InChI=1S/C19H13N3OS/c23-19-16-10-4-5-11-17(16)21-18(14-7-2-1-3-8-14)22(19)20-13-15-9-6-12-24-15/h1-13H/b20-13-. The van der Waals surface area contributed by atoms with E-state index < -0.39 is 0 Å². The first kappa shape index (κ1) is 14.5. The monoisotopic (exact) mass is 331 g/mol. The molecule has 0 N–H and O–H groups in total. The van der Waals surface area contributed by atoms with Gasteiger partial charge in [0.25, 0.3) is 5.56 Å². The van der Waals surface area contributed by atoms with Gasteiger partial charge in [0.2, 0.25) is 0 Å². The average Bonchev–Trinajstić information content (AvgIpc) is 3.15. The Kier molecular flexibility index (Phi) is 3.76. The van der Waals surface area contributed by atoms with Gasteiger partial charge in [0, 0.05) is 10.4 Å². The van der Waals surface area contributed by atoms with Crippen LogP contribution in [0.1, 0.15) is 4.88 Å². The Bertz CT molecular complexity index is 1070. The molecule has 0 aliphatic heterocycles. The second kappa shape index (κ2) is 6.22. The summed E-state index contributed by atoms with van der Waals surface area (Å²) >= 11 is 1.57. The zero-order valence-corrected chi connectivity index (χ0v) is 13.5. The average molecular weight is 331 g/mol. The molecular formula is C19H13N3OS. The molecule has 0 unspecified atom stereocenters. The first-order valence-electron chi connectivity index (χ1n) is 7.48. The van der Waals surface area contributed by atoms with Crippen molar-refractivity contribution in [3.63, 3.8) is 0 Å². The quantitative estimate of drug-likeness (QED) is 0.533. The minimum atomic E-state index is -0.174. The lowest BCUT2D eigenvalue weighted by atomic mass is 10.2. The van der Waals surface area contributed by atoms with Gasteiger partial charge < -0.3 is 0 Å². The second-order valence-corrected chi connectivity index (χ2v) is 6.17. The molecule has 4 aromatic rings. The van der Waals surface area contributed by atoms with E-state index in [1.165, 1.54) is 4.68 Å². The highest BCUT2D eigenvalue weighted by atomic mass is 32.1. The highest BCUT2D eigenvalue weighted by molar-refractivity contribution is 7.11. The van der Waals surface area contributed by atoms with Gasteiger partial charge in [-0.15, -0.1) is 11.3 Å². The predicted molar refractivity (Wildman–Crippen MR) is 98.8 cm³/mol. The molecule has 4 nitrogen and oxygen atoms in total. The molecule has 0 radical (unpaired) electrons. The summed E-state index contributed by atoms with van der Waals surface area (Å²) in [7, 11) is 0. The molecule has 0 aliphatic rings. The number of thiophene rings is 1. The fraction of sp³-hybridized carbons (Fsp3) is 0. The van der Waals surface area contributed by atoms with Crippen LogP contribution in [0.5, 0.6) is 0 Å². The van der Waals surface area contributed by atoms with Crippen molar-refractivity contribution in [2.24, 2.45) is 5.10 Å². The Morgan fingerprint density at radius 1 is 0.958 bits per heavy atom. The number of hydrogen-bond donors (Lipinski definition) is 0. The third-order valence-electron chi connectivity index (χ3n) is 3.63. The van der Waals surface area contributed by atoms with Gasteiger partial charge in [-0.1, -0.05) is 48.5 Å². The van der Waals surface area contributed by atoms with Gasteiger partial charge in [-0.05, 0) is 23.6 Å². The first-order valence-corrected chi connectivity index (χ1v) is 8.36. The lowest BCUT2D eigenvalue weighted by Gasteiger charge is -2.09. The van der Waals surface area contributed by atoms with E-state index >= 15 is 0 Å². The first-order chi connectivity index (χ1) is 11.8. The smallest absolute Gasteiger partial charge is 0.267 e. The lowest BCUT2D eigenvalue weighted by Crippen LogP contribution is -2.20. The van der Waals surface area contributed by atoms with Gasteiger partial charge >= 0.3 is 0 Å². The van der Waals surface area contributed by atoms with Crippen molar-refractivity contribution in [3.8, 4) is 11.4 Å². The van der Waals surface area contributed by atoms with Gasteiger partial charge in [-0.25, -0.2) is 4.98 Å². The molecule has 0 saturated heterocycles. The van der Waals surface area contributed by atoms with Crippen molar-refractivity contribution in [2.45, 2.75) is 0 Å². The van der Waals surface area contributed by atoms with Crippen molar-refractivity contribution in [1.82, 2.24) is 9.66 Å². The van der Waals surface area contributed by atoms with Crippen LogP contribution in [0, 0.1) is 0 Å². The number of aromatic nitrogens is 2. The molecule has 24 heavy (non-hydrogen) atoms. The van der Waals surface area contributed by atoms with Gasteiger partial charge in [0.15, 0.2) is 5.82 Å². The van der Waals surface area contributed by atoms with Crippen LogP contribution in [-0.4, -0.2) is 15.9 Å². The van der Waals surface area contributed by atoms with Gasteiger partial charge in [-0.2, -0.15) is 9.78 Å². The van der Waals surface area contributed by atoms with Gasteiger partial charge in [-0.3, -0.25) is 4.79 Å². The molecule has 4 rings (SSSR count). The number of nitrogens with zero attached hydrogens (tertiary/aromatic N) is 3. The maximum atomic E-state index is 12.9. The molecule has 0 amide bonds. The number of benzene rings is 2. The number of para-hydroxylation sites is 1. The molecule has 0 bridgehead atoms. The van der Waals surface area contributed by atoms with E-state index in [1.807, 2.05) is 66.0 Å². The maximum absolute atomic E-state index is 12.9. The van der Waals surface area contributed by atoms with Crippen LogP contribution in [0.25, 0.3) is 22.3 Å². The van der Waals surface area contributed by atoms with Crippen LogP contribution in [0.2, 0.25) is 0 Å². The number of rotatable bonds is 3. The van der Waals surface area contributed by atoms with E-state index in [0.29, 0.717) is 16.7 Å². The van der Waals surface area contributed by atoms with Gasteiger partial charge in [0.1, 0.15) is 0 Å². The van der Waals surface area contributed by atoms with Crippen molar-refractivity contribution >= 4 is 28.5 Å². The number of fused-ring (bicyclic) bond motifs is 1. The van der Waals surface area contributed by atoms with Crippen LogP contribution in [-0.2, 0) is 0 Å². The summed E-state index contributed by atoms with van der Waals surface area (Å²) in [6, 6.07) is 20.9. The van der Waals surface area contributed by atoms with Crippen molar-refractivity contribution in [3.05, 3.63) is 87.3 Å². The van der Waals surface area contributed by atoms with Crippen LogP contribution >= 0.6 is 11.3 Å². The summed E-state index contributed by atoms with van der Waals surface area (Å²) in [4.78, 5) is 18.5. The van der Waals surface area contributed by atoms with E-state index in [0.717, 1.165) is 10.4 Å². The molecule has 0 atom stereocenters. The Morgan fingerprint density at radius 2 is 1.75 bits per heavy atom. The fourth-order valence-corrected chi connectivity index (χ4v) is 3.06. The summed E-state index contributed by atoms with van der Waals surface area (Å²) in [6.07, 6.45) is 1.69. The van der Waals surface area contributed by atoms with E-state index in [1.54, 1.807) is 23.6 Å². The molecule has 0 saturated carbocycles. The second-order valence-electron chi connectivity index (χ2n) is 5.20. The van der Waals surface area contributed by atoms with E-state index in [4.69, 9.17) is 0 Å². The van der Waals surface area contributed by atoms with Gasteiger partial charge in [0.05, 0.1) is 17.1 Å². The number of hydrogen-bond acceptors (Lipinski definition) is 4. The molecule has 2 aromatic heterocycles. The SMILES string of the molecule is O=c1c2ccccc2nc(-c2ccccc2)n1/N=C\c1cccs1. The van der Waals surface area contributed by atoms with Crippen molar-refractivity contribution in [1.29, 1.82) is 0 Å². The Morgan fingerprint density at radius 3 is 2.54 bits per heavy atom. The summed E-state index contributed by atoms with van der Waals surface area (Å²) in [5.74, 6) is 0.534. The van der Waals surface area contributed by atoms with Crippen LogP contribution in [0.4, 0.5) is 0 Å². The van der Waals surface area contributed by atoms with Crippen LogP contribution in [0.15, 0.2) is 82.0 Å². The van der Waals surface area contributed by atoms with Crippen molar-refractivity contribution in [2.75, 3.05) is 0 Å². The van der Waals surface area contributed by atoms with Crippen LogP contribution < -0.4 is 5.56 Å².